The molecule has 0 radical (unpaired) electrons. The fourth-order valence-corrected chi connectivity index (χ4v) is 4.01. The number of carbonyl (C=O) groups excluding carboxylic acids is 2. The lowest BCUT2D eigenvalue weighted by Gasteiger charge is -2.23. The van der Waals surface area contributed by atoms with Gasteiger partial charge in [0.05, 0.1) is 6.54 Å². The highest BCUT2D eigenvalue weighted by Gasteiger charge is 2.34. The van der Waals surface area contributed by atoms with Crippen LogP contribution in [0, 0.1) is 0 Å². The minimum absolute atomic E-state index is 0.0218. The van der Waals surface area contributed by atoms with Crippen molar-refractivity contribution in [2.75, 3.05) is 6.61 Å². The standard InChI is InChI=1S/C26H26N2O6/c1-3-26(2,24(30)31)28-23(29)22-13-12-16(34-22)14-27-25(32)33-15-21-19-10-6-4-8-17(19)18-9-5-7-11-20(18)21/h4-13,21H,3,14-15H2,1-2H3,(H,27,32)(H,28,29)(H,30,31). The molecule has 2 aromatic carbocycles. The molecular weight excluding hydrogens is 436 g/mol. The van der Waals surface area contributed by atoms with E-state index in [1.54, 1.807) is 13.0 Å². The zero-order valence-corrected chi connectivity index (χ0v) is 19.0. The number of carboxylic acids is 1. The topological polar surface area (TPSA) is 118 Å². The van der Waals surface area contributed by atoms with Crippen LogP contribution >= 0.6 is 0 Å². The summed E-state index contributed by atoms with van der Waals surface area (Å²) in [7, 11) is 0. The van der Waals surface area contributed by atoms with E-state index >= 15 is 0 Å². The van der Waals surface area contributed by atoms with Crippen LogP contribution in [0.25, 0.3) is 11.1 Å². The second-order valence-electron chi connectivity index (χ2n) is 8.39. The number of carboxylic acid groups (broad SMARTS) is 1. The molecule has 8 nitrogen and oxygen atoms in total. The second kappa shape index (κ2) is 9.43. The van der Waals surface area contributed by atoms with E-state index in [9.17, 15) is 19.5 Å². The Labute approximate surface area is 196 Å². The van der Waals surface area contributed by atoms with E-state index in [0.29, 0.717) is 5.76 Å². The van der Waals surface area contributed by atoms with Gasteiger partial charge >= 0.3 is 12.1 Å². The Hall–Kier alpha value is -4.07. The first-order valence-corrected chi connectivity index (χ1v) is 11.1. The van der Waals surface area contributed by atoms with Gasteiger partial charge < -0.3 is 24.9 Å². The van der Waals surface area contributed by atoms with Crippen molar-refractivity contribution >= 4 is 18.0 Å². The number of fused-ring (bicyclic) bond motifs is 3. The molecule has 176 valence electrons. The van der Waals surface area contributed by atoms with Crippen LogP contribution in [0.1, 0.15) is 53.6 Å². The highest BCUT2D eigenvalue weighted by atomic mass is 16.5. The molecule has 0 saturated heterocycles. The minimum atomic E-state index is -1.40. The highest BCUT2D eigenvalue weighted by Crippen LogP contribution is 2.44. The summed E-state index contributed by atoms with van der Waals surface area (Å²) >= 11 is 0. The number of ether oxygens (including phenoxy) is 1. The molecule has 3 N–H and O–H groups in total. The summed E-state index contributed by atoms with van der Waals surface area (Å²) in [5.74, 6) is -1.51. The lowest BCUT2D eigenvalue weighted by atomic mass is 9.98. The van der Waals surface area contributed by atoms with Gasteiger partial charge in [0.2, 0.25) is 0 Å². The lowest BCUT2D eigenvalue weighted by Crippen LogP contribution is -2.51. The summed E-state index contributed by atoms with van der Waals surface area (Å²) in [6.07, 6.45) is -0.390. The van der Waals surface area contributed by atoms with Crippen LogP contribution in [0.2, 0.25) is 0 Å². The van der Waals surface area contributed by atoms with Gasteiger partial charge in [-0.25, -0.2) is 9.59 Å². The van der Waals surface area contributed by atoms with Gasteiger partial charge in [0.1, 0.15) is 17.9 Å². The lowest BCUT2D eigenvalue weighted by molar-refractivity contribution is -0.143. The molecule has 4 rings (SSSR count). The normalized spacial score (nSPS) is 13.9. The smallest absolute Gasteiger partial charge is 0.407 e. The number of rotatable bonds is 8. The third kappa shape index (κ3) is 4.52. The molecule has 0 saturated carbocycles. The van der Waals surface area contributed by atoms with Gasteiger partial charge in [0.15, 0.2) is 5.76 Å². The molecule has 1 heterocycles. The van der Waals surface area contributed by atoms with Gasteiger partial charge in [0, 0.05) is 5.92 Å². The van der Waals surface area contributed by atoms with Crippen LogP contribution in [-0.4, -0.2) is 35.2 Å². The Bertz CT molecular complexity index is 1190. The van der Waals surface area contributed by atoms with Crippen molar-refractivity contribution < 1.29 is 28.6 Å². The van der Waals surface area contributed by atoms with Crippen molar-refractivity contribution in [3.63, 3.8) is 0 Å². The summed E-state index contributed by atoms with van der Waals surface area (Å²) in [5, 5.41) is 14.4. The first-order chi connectivity index (χ1) is 16.3. The van der Waals surface area contributed by atoms with E-state index in [0.717, 1.165) is 22.3 Å². The summed E-state index contributed by atoms with van der Waals surface area (Å²) in [4.78, 5) is 36.1. The third-order valence-electron chi connectivity index (χ3n) is 6.20. The number of carbonyl (C=O) groups is 3. The summed E-state index contributed by atoms with van der Waals surface area (Å²) in [6, 6.07) is 19.1. The van der Waals surface area contributed by atoms with Crippen molar-refractivity contribution in [2.45, 2.75) is 38.3 Å². The zero-order valence-electron chi connectivity index (χ0n) is 19.0. The zero-order chi connectivity index (χ0) is 24.3. The van der Waals surface area contributed by atoms with E-state index in [-0.39, 0.29) is 31.3 Å². The molecule has 1 unspecified atom stereocenters. The van der Waals surface area contributed by atoms with Crippen molar-refractivity contribution in [3.05, 3.63) is 83.3 Å². The second-order valence-corrected chi connectivity index (χ2v) is 8.39. The van der Waals surface area contributed by atoms with Gasteiger partial charge in [-0.1, -0.05) is 55.5 Å². The number of aliphatic carboxylic acids is 1. The molecule has 0 spiro atoms. The molecule has 1 aliphatic carbocycles. The van der Waals surface area contributed by atoms with Crippen LogP contribution in [0.5, 0.6) is 0 Å². The van der Waals surface area contributed by atoms with Crippen molar-refractivity contribution in [3.8, 4) is 11.1 Å². The highest BCUT2D eigenvalue weighted by molar-refractivity contribution is 5.95. The largest absolute Gasteiger partial charge is 0.480 e. The average Bonchev–Trinajstić information content (AvgIpc) is 3.44. The number of furan rings is 1. The maximum atomic E-state index is 12.3. The van der Waals surface area contributed by atoms with Crippen molar-refractivity contribution in [2.24, 2.45) is 0 Å². The Balaban J connectivity index is 1.32. The molecule has 1 aliphatic rings. The predicted octanol–water partition coefficient (Wildman–Crippen LogP) is 4.30. The van der Waals surface area contributed by atoms with Gasteiger partial charge in [-0.3, -0.25) is 4.79 Å². The molecule has 1 aromatic heterocycles. The van der Waals surface area contributed by atoms with E-state index < -0.39 is 23.5 Å². The van der Waals surface area contributed by atoms with E-state index in [4.69, 9.17) is 9.15 Å². The van der Waals surface area contributed by atoms with Gasteiger partial charge in [-0.2, -0.15) is 0 Å². The average molecular weight is 463 g/mol. The molecule has 34 heavy (non-hydrogen) atoms. The Morgan fingerprint density at radius 3 is 2.21 bits per heavy atom. The molecule has 1 atom stereocenters. The van der Waals surface area contributed by atoms with Crippen molar-refractivity contribution in [1.82, 2.24) is 10.6 Å². The van der Waals surface area contributed by atoms with Crippen LogP contribution in [-0.2, 0) is 16.1 Å². The SMILES string of the molecule is CCC(C)(NC(=O)c1ccc(CNC(=O)OCC2c3ccccc3-c3ccccc32)o1)C(=O)O. The minimum Gasteiger partial charge on any atom is -0.480 e. The summed E-state index contributed by atoms with van der Waals surface area (Å²) in [5.41, 5.74) is 3.15. The molecule has 0 fully saturated rings. The summed E-state index contributed by atoms with van der Waals surface area (Å²) in [6.45, 7) is 3.31. The molecule has 0 aliphatic heterocycles. The van der Waals surface area contributed by atoms with Crippen molar-refractivity contribution in [1.29, 1.82) is 0 Å². The Morgan fingerprint density at radius 1 is 1.00 bits per heavy atom. The van der Waals surface area contributed by atoms with Gasteiger partial charge in [-0.15, -0.1) is 0 Å². The summed E-state index contributed by atoms with van der Waals surface area (Å²) < 4.78 is 10.9. The van der Waals surface area contributed by atoms with E-state index in [2.05, 4.69) is 22.8 Å². The van der Waals surface area contributed by atoms with Gasteiger partial charge in [0.25, 0.3) is 5.91 Å². The van der Waals surface area contributed by atoms with Crippen LogP contribution < -0.4 is 10.6 Å². The maximum absolute atomic E-state index is 12.3. The van der Waals surface area contributed by atoms with E-state index in [1.807, 2.05) is 36.4 Å². The fraction of sp³-hybridized carbons (Fsp3) is 0.269. The molecule has 3 aromatic rings. The molecule has 2 amide bonds. The van der Waals surface area contributed by atoms with Crippen LogP contribution in [0.4, 0.5) is 4.79 Å². The molecule has 8 heteroatoms. The molecule has 0 bridgehead atoms. The first kappa shape index (κ1) is 23.1. The maximum Gasteiger partial charge on any atom is 0.407 e. The molecular formula is C26H26N2O6. The quantitative estimate of drug-likeness (QED) is 0.459. The third-order valence-corrected chi connectivity index (χ3v) is 6.20. The monoisotopic (exact) mass is 462 g/mol. The van der Waals surface area contributed by atoms with E-state index in [1.165, 1.54) is 13.0 Å². The number of nitrogens with one attached hydrogen (secondary N) is 2. The number of hydrogen-bond donors (Lipinski definition) is 3. The van der Waals surface area contributed by atoms with Crippen LogP contribution in [0.15, 0.2) is 65.1 Å². The van der Waals surface area contributed by atoms with Crippen LogP contribution in [0.3, 0.4) is 0 Å². The number of amides is 2. The fourth-order valence-electron chi connectivity index (χ4n) is 4.01. The number of hydrogen-bond acceptors (Lipinski definition) is 5. The number of benzene rings is 2. The predicted molar refractivity (Wildman–Crippen MR) is 124 cm³/mol. The van der Waals surface area contributed by atoms with Gasteiger partial charge in [-0.05, 0) is 47.7 Å². The Kier molecular flexibility index (Phi) is 6.40. The first-order valence-electron chi connectivity index (χ1n) is 11.1. The number of alkyl carbamates (subject to hydrolysis) is 1. The Morgan fingerprint density at radius 2 is 1.62 bits per heavy atom.